The van der Waals surface area contributed by atoms with Crippen molar-refractivity contribution in [2.45, 2.75) is 23.1 Å². The number of ketones is 3. The summed E-state index contributed by atoms with van der Waals surface area (Å²) in [7, 11) is 0. The first-order valence-corrected chi connectivity index (χ1v) is 9.46. The largest absolute Gasteiger partial charge is 0.457 e. The molecule has 6 heteroatoms. The zero-order valence-corrected chi connectivity index (χ0v) is 15.8. The number of carbonyl (C=O) groups is 3. The number of carbonyl (C=O) groups excluding carboxylic acids is 3. The van der Waals surface area contributed by atoms with Crippen LogP contribution >= 0.6 is 23.2 Å². The number of aryl methyl sites for hydroxylation is 1. The van der Waals surface area contributed by atoms with Crippen LogP contribution in [0.2, 0.25) is 0 Å². The van der Waals surface area contributed by atoms with Gasteiger partial charge in [-0.05, 0) is 13.3 Å². The monoisotopic (exact) mass is 400 g/mol. The Morgan fingerprint density at radius 2 is 1.63 bits per heavy atom. The van der Waals surface area contributed by atoms with Crippen molar-refractivity contribution in [1.82, 2.24) is 0 Å². The van der Waals surface area contributed by atoms with E-state index in [4.69, 9.17) is 27.6 Å². The van der Waals surface area contributed by atoms with Gasteiger partial charge in [-0.3, -0.25) is 14.4 Å². The van der Waals surface area contributed by atoms with Crippen LogP contribution in [-0.4, -0.2) is 27.1 Å². The number of halogens is 2. The molecule has 2 aromatic rings. The molecule has 5 rings (SSSR count). The van der Waals surface area contributed by atoms with Crippen LogP contribution in [-0.2, 0) is 0 Å². The maximum Gasteiger partial charge on any atom is 0.222 e. The van der Waals surface area contributed by atoms with Gasteiger partial charge in [-0.1, -0.05) is 42.5 Å². The number of Topliss-reactive ketones (excluding diaryl/α,β-unsaturated/α-hetero) is 2. The van der Waals surface area contributed by atoms with E-state index in [1.54, 1.807) is 37.3 Å². The van der Waals surface area contributed by atoms with Gasteiger partial charge in [0, 0.05) is 17.4 Å². The zero-order valence-electron chi connectivity index (χ0n) is 14.3. The molecule has 0 aliphatic heterocycles. The SMILES string of the molecule is Cc1oc2c(c1C(=O)c1ccccc1)C(=O)C1(Cl)C3C=CC(C3)C1(Cl)C2=O. The normalized spacial score (nSPS) is 33.3. The van der Waals surface area contributed by atoms with Crippen LogP contribution in [0.4, 0.5) is 0 Å². The van der Waals surface area contributed by atoms with E-state index in [2.05, 4.69) is 0 Å². The molecule has 0 N–H and O–H groups in total. The lowest BCUT2D eigenvalue weighted by molar-refractivity contribution is 0.0754. The molecule has 4 atom stereocenters. The summed E-state index contributed by atoms with van der Waals surface area (Å²) in [6.07, 6.45) is 4.23. The summed E-state index contributed by atoms with van der Waals surface area (Å²) in [6.45, 7) is 1.57. The summed E-state index contributed by atoms with van der Waals surface area (Å²) in [5, 5.41) is 0. The Balaban J connectivity index is 1.75. The van der Waals surface area contributed by atoms with Gasteiger partial charge in [0.25, 0.3) is 0 Å². The molecule has 136 valence electrons. The fraction of sp³-hybridized carbons (Fsp3) is 0.286. The van der Waals surface area contributed by atoms with Gasteiger partial charge < -0.3 is 4.42 Å². The number of furan rings is 1. The van der Waals surface area contributed by atoms with E-state index in [0.29, 0.717) is 12.0 Å². The maximum absolute atomic E-state index is 13.5. The van der Waals surface area contributed by atoms with E-state index < -0.39 is 21.3 Å². The molecule has 0 spiro atoms. The van der Waals surface area contributed by atoms with Gasteiger partial charge in [0.15, 0.2) is 17.3 Å². The van der Waals surface area contributed by atoms with Crippen LogP contribution < -0.4 is 0 Å². The number of fused-ring (bicyclic) bond motifs is 6. The smallest absolute Gasteiger partial charge is 0.222 e. The standard InChI is InChI=1S/C21H14Cl2O4/c1-10-14(16(24)11-5-3-2-4-6-11)15-17(27-10)19(26)21(23)13-8-7-12(9-13)20(21,22)18(15)25/h2-8,12-13H,9H2,1H3. The quantitative estimate of drug-likeness (QED) is 0.426. The molecule has 1 aromatic heterocycles. The average molecular weight is 401 g/mol. The minimum atomic E-state index is -1.60. The third kappa shape index (κ3) is 1.78. The molecule has 4 unspecified atom stereocenters. The molecule has 1 heterocycles. The highest BCUT2D eigenvalue weighted by atomic mass is 35.5. The first-order chi connectivity index (χ1) is 12.8. The highest BCUT2D eigenvalue weighted by Gasteiger charge is 2.75. The third-order valence-corrected chi connectivity index (χ3v) is 7.67. The Morgan fingerprint density at radius 1 is 1.04 bits per heavy atom. The number of hydrogen-bond acceptors (Lipinski definition) is 4. The van der Waals surface area contributed by atoms with Gasteiger partial charge >= 0.3 is 0 Å². The predicted octanol–water partition coefficient (Wildman–Crippen LogP) is 4.36. The molecular formula is C21H14Cl2O4. The van der Waals surface area contributed by atoms with Gasteiger partial charge in [0.1, 0.15) is 15.5 Å². The van der Waals surface area contributed by atoms with E-state index in [1.165, 1.54) is 0 Å². The molecule has 0 radical (unpaired) electrons. The van der Waals surface area contributed by atoms with Crippen LogP contribution in [0.15, 0.2) is 46.9 Å². The highest BCUT2D eigenvalue weighted by molar-refractivity contribution is 6.55. The second kappa shape index (κ2) is 5.21. The molecule has 0 saturated heterocycles. The van der Waals surface area contributed by atoms with E-state index in [9.17, 15) is 14.4 Å². The van der Waals surface area contributed by atoms with Gasteiger partial charge in [0.2, 0.25) is 5.78 Å². The summed E-state index contributed by atoms with van der Waals surface area (Å²) >= 11 is 13.6. The van der Waals surface area contributed by atoms with Crippen molar-refractivity contribution in [2.75, 3.05) is 0 Å². The maximum atomic E-state index is 13.5. The minimum Gasteiger partial charge on any atom is -0.457 e. The summed E-state index contributed by atoms with van der Waals surface area (Å²) in [6, 6.07) is 8.56. The predicted molar refractivity (Wildman–Crippen MR) is 99.9 cm³/mol. The van der Waals surface area contributed by atoms with Crippen LogP contribution in [0.5, 0.6) is 0 Å². The molecule has 3 aliphatic carbocycles. The molecular weight excluding hydrogens is 387 g/mol. The number of benzene rings is 1. The number of rotatable bonds is 2. The van der Waals surface area contributed by atoms with Crippen LogP contribution in [0, 0.1) is 18.8 Å². The summed E-state index contributed by atoms with van der Waals surface area (Å²) in [5.41, 5.74) is 0.474. The van der Waals surface area contributed by atoms with E-state index in [-0.39, 0.29) is 40.3 Å². The second-order valence-electron chi connectivity index (χ2n) is 7.35. The lowest BCUT2D eigenvalue weighted by Gasteiger charge is -2.43. The number of alkyl halides is 2. The van der Waals surface area contributed by atoms with E-state index in [0.717, 1.165) is 0 Å². The minimum absolute atomic E-state index is 0.0291. The molecule has 1 fully saturated rings. The van der Waals surface area contributed by atoms with Crippen molar-refractivity contribution >= 4 is 40.6 Å². The van der Waals surface area contributed by atoms with Gasteiger partial charge in [-0.25, -0.2) is 0 Å². The van der Waals surface area contributed by atoms with Crippen molar-refractivity contribution in [3.63, 3.8) is 0 Å². The van der Waals surface area contributed by atoms with Crippen LogP contribution in [0.1, 0.15) is 49.0 Å². The Labute approximate surface area is 165 Å². The highest BCUT2D eigenvalue weighted by Crippen LogP contribution is 2.64. The van der Waals surface area contributed by atoms with Gasteiger partial charge in [0.05, 0.1) is 11.1 Å². The first kappa shape index (κ1) is 17.0. The molecule has 2 bridgehead atoms. The van der Waals surface area contributed by atoms with E-state index >= 15 is 0 Å². The lowest BCUT2D eigenvalue weighted by Crippen LogP contribution is -2.62. The Bertz CT molecular complexity index is 1070. The average Bonchev–Trinajstić information content (AvgIpc) is 3.34. The van der Waals surface area contributed by atoms with Gasteiger partial charge in [-0.15, -0.1) is 23.2 Å². The van der Waals surface area contributed by atoms with Gasteiger partial charge in [-0.2, -0.15) is 0 Å². The van der Waals surface area contributed by atoms with Crippen molar-refractivity contribution in [2.24, 2.45) is 11.8 Å². The summed E-state index contributed by atoms with van der Waals surface area (Å²) in [5.74, 6) is -1.99. The van der Waals surface area contributed by atoms with Crippen molar-refractivity contribution in [3.05, 3.63) is 70.7 Å². The first-order valence-electron chi connectivity index (χ1n) is 8.70. The molecule has 1 saturated carbocycles. The molecule has 27 heavy (non-hydrogen) atoms. The van der Waals surface area contributed by atoms with Crippen LogP contribution in [0.3, 0.4) is 0 Å². The Morgan fingerprint density at radius 3 is 2.26 bits per heavy atom. The third-order valence-electron chi connectivity index (χ3n) is 6.08. The second-order valence-corrected chi connectivity index (χ2v) is 8.54. The Kier molecular flexibility index (Phi) is 3.27. The molecule has 0 amide bonds. The molecule has 3 aliphatic rings. The molecule has 1 aromatic carbocycles. The lowest BCUT2D eigenvalue weighted by atomic mass is 9.69. The van der Waals surface area contributed by atoms with Crippen molar-refractivity contribution in [1.29, 1.82) is 0 Å². The van der Waals surface area contributed by atoms with Crippen molar-refractivity contribution in [3.8, 4) is 0 Å². The number of allylic oxidation sites excluding steroid dienone is 2. The Hall–Kier alpha value is -2.17. The molecule has 4 nitrogen and oxygen atoms in total. The number of hydrogen-bond donors (Lipinski definition) is 0. The fourth-order valence-electron chi connectivity index (χ4n) is 4.77. The summed E-state index contributed by atoms with van der Waals surface area (Å²) in [4.78, 5) is 36.7. The summed E-state index contributed by atoms with van der Waals surface area (Å²) < 4.78 is 5.63. The zero-order chi connectivity index (χ0) is 19.1. The fourth-order valence-corrected chi connectivity index (χ4v) is 5.73. The van der Waals surface area contributed by atoms with Crippen LogP contribution in [0.25, 0.3) is 0 Å². The van der Waals surface area contributed by atoms with E-state index in [1.807, 2.05) is 12.2 Å². The topological polar surface area (TPSA) is 64.3 Å². The van der Waals surface area contributed by atoms with Crippen molar-refractivity contribution < 1.29 is 18.8 Å².